The van der Waals surface area contributed by atoms with E-state index in [2.05, 4.69) is 0 Å². The predicted octanol–water partition coefficient (Wildman–Crippen LogP) is 2.71. The van der Waals surface area contributed by atoms with Crippen LogP contribution < -0.4 is 4.74 Å². The monoisotopic (exact) mass is 266 g/mol. The molecule has 5 heteroatoms. The van der Waals surface area contributed by atoms with Gasteiger partial charge in [-0.1, -0.05) is 23.8 Å². The molecule has 0 amide bonds. The topological polar surface area (TPSA) is 63.6 Å². The molecule has 0 aliphatic rings. The summed E-state index contributed by atoms with van der Waals surface area (Å²) in [5.74, 6) is 0.472. The third-order valence-corrected chi connectivity index (χ3v) is 3.91. The predicted molar refractivity (Wildman–Crippen MR) is 69.8 cm³/mol. The van der Waals surface area contributed by atoms with E-state index in [0.29, 0.717) is 11.3 Å². The van der Waals surface area contributed by atoms with Crippen LogP contribution in [0.5, 0.6) is 5.75 Å². The van der Waals surface area contributed by atoms with E-state index in [-0.39, 0.29) is 4.90 Å². The summed E-state index contributed by atoms with van der Waals surface area (Å²) in [5, 5.41) is 1.55. The zero-order chi connectivity index (χ0) is 13.5. The van der Waals surface area contributed by atoms with Gasteiger partial charge in [0.1, 0.15) is 10.6 Å². The van der Waals surface area contributed by atoms with Crippen LogP contribution in [0.2, 0.25) is 0 Å². The Morgan fingerprint density at radius 2 is 1.83 bits per heavy atom. The van der Waals surface area contributed by atoms with E-state index in [1.807, 2.05) is 25.1 Å². The molecule has 0 heterocycles. The molecule has 0 saturated heterocycles. The molecule has 18 heavy (non-hydrogen) atoms. The van der Waals surface area contributed by atoms with Crippen LogP contribution in [0.4, 0.5) is 0 Å². The summed E-state index contributed by atoms with van der Waals surface area (Å²) in [6, 6.07) is 7.13. The summed E-state index contributed by atoms with van der Waals surface area (Å²) in [6.07, 6.45) is 0. The van der Waals surface area contributed by atoms with E-state index in [1.165, 1.54) is 13.2 Å². The molecule has 2 aromatic rings. The molecule has 0 saturated carbocycles. The van der Waals surface area contributed by atoms with E-state index in [4.69, 9.17) is 4.74 Å². The summed E-state index contributed by atoms with van der Waals surface area (Å²) >= 11 is 0. The first-order valence-corrected chi connectivity index (χ1v) is 6.84. The van der Waals surface area contributed by atoms with Crippen LogP contribution in [0.1, 0.15) is 11.1 Å². The third kappa shape index (κ3) is 2.07. The highest BCUT2D eigenvalue weighted by Gasteiger charge is 2.19. The summed E-state index contributed by atoms with van der Waals surface area (Å²) in [5.41, 5.74) is 1.42. The lowest BCUT2D eigenvalue weighted by Gasteiger charge is -2.12. The summed E-state index contributed by atoms with van der Waals surface area (Å²) in [6.45, 7) is 3.53. The van der Waals surface area contributed by atoms with Gasteiger partial charge in [0.15, 0.2) is 0 Å². The Kier molecular flexibility index (Phi) is 3.04. The van der Waals surface area contributed by atoms with Crippen LogP contribution in [-0.4, -0.2) is 20.1 Å². The maximum atomic E-state index is 11.4. The van der Waals surface area contributed by atoms with Crippen molar-refractivity contribution in [1.29, 1.82) is 0 Å². The van der Waals surface area contributed by atoms with Crippen LogP contribution in [0.3, 0.4) is 0 Å². The zero-order valence-electron chi connectivity index (χ0n) is 10.4. The van der Waals surface area contributed by atoms with Crippen molar-refractivity contribution in [3.8, 4) is 5.75 Å². The molecule has 2 aromatic carbocycles. The summed E-state index contributed by atoms with van der Waals surface area (Å²) in [7, 11) is -2.77. The van der Waals surface area contributed by atoms with E-state index in [1.54, 1.807) is 6.92 Å². The number of ether oxygens (including phenoxy) is 1. The van der Waals surface area contributed by atoms with E-state index in [9.17, 15) is 13.0 Å². The molecule has 0 atom stereocenters. The van der Waals surface area contributed by atoms with Crippen LogP contribution in [0, 0.1) is 13.8 Å². The van der Waals surface area contributed by atoms with Crippen molar-refractivity contribution >= 4 is 20.9 Å². The lowest BCUT2D eigenvalue weighted by atomic mass is 10.0. The van der Waals surface area contributed by atoms with Gasteiger partial charge >= 0.3 is 0 Å². The van der Waals surface area contributed by atoms with Crippen molar-refractivity contribution in [2.45, 2.75) is 18.7 Å². The summed E-state index contributed by atoms with van der Waals surface area (Å²) < 4.78 is 37.2. The standard InChI is InChI=1S/C13H14O4S/c1-8-4-5-11-10(6-8)7-12(18(14,15)16)9(2)13(11)17-3/h4-7H,1-3H3,(H,14,15,16). The Morgan fingerprint density at radius 1 is 1.17 bits per heavy atom. The lowest BCUT2D eigenvalue weighted by Crippen LogP contribution is -2.03. The normalized spacial score (nSPS) is 11.8. The van der Waals surface area contributed by atoms with Gasteiger partial charge in [0.2, 0.25) is 0 Å². The Balaban J connectivity index is 2.96. The van der Waals surface area contributed by atoms with Crippen molar-refractivity contribution in [2.75, 3.05) is 7.11 Å². The molecule has 1 N–H and O–H groups in total. The van der Waals surface area contributed by atoms with Crippen molar-refractivity contribution in [3.63, 3.8) is 0 Å². The fraction of sp³-hybridized carbons (Fsp3) is 0.231. The number of fused-ring (bicyclic) bond motifs is 1. The molecule has 0 aromatic heterocycles. The second-order valence-corrected chi connectivity index (χ2v) is 5.62. The van der Waals surface area contributed by atoms with Gasteiger partial charge in [-0.15, -0.1) is 0 Å². The van der Waals surface area contributed by atoms with Crippen molar-refractivity contribution < 1.29 is 17.7 Å². The molecule has 0 bridgehead atoms. The molecule has 4 nitrogen and oxygen atoms in total. The number of benzene rings is 2. The molecular formula is C13H14O4S. The first-order chi connectivity index (χ1) is 8.34. The first kappa shape index (κ1) is 12.9. The molecule has 0 aliphatic heterocycles. The van der Waals surface area contributed by atoms with Gasteiger partial charge in [0, 0.05) is 10.9 Å². The van der Waals surface area contributed by atoms with Gasteiger partial charge in [-0.2, -0.15) is 8.42 Å². The second kappa shape index (κ2) is 4.26. The van der Waals surface area contributed by atoms with E-state index < -0.39 is 10.1 Å². The highest BCUT2D eigenvalue weighted by molar-refractivity contribution is 7.85. The molecule has 0 spiro atoms. The van der Waals surface area contributed by atoms with Crippen LogP contribution in [0.15, 0.2) is 29.2 Å². The SMILES string of the molecule is COc1c(C)c(S(=O)(=O)O)cc2cc(C)ccc12. The molecule has 0 radical (unpaired) electrons. The number of aryl methyl sites for hydroxylation is 1. The number of methoxy groups -OCH3 is 1. The maximum absolute atomic E-state index is 11.4. The second-order valence-electron chi connectivity index (χ2n) is 4.23. The average Bonchev–Trinajstić information content (AvgIpc) is 2.27. The van der Waals surface area contributed by atoms with Crippen molar-refractivity contribution in [3.05, 3.63) is 35.4 Å². The molecule has 96 valence electrons. The van der Waals surface area contributed by atoms with Gasteiger partial charge in [-0.05, 0) is 25.3 Å². The maximum Gasteiger partial charge on any atom is 0.294 e. The Bertz CT molecular complexity index is 717. The van der Waals surface area contributed by atoms with Crippen molar-refractivity contribution in [2.24, 2.45) is 0 Å². The number of hydrogen-bond donors (Lipinski definition) is 1. The van der Waals surface area contributed by atoms with Crippen LogP contribution >= 0.6 is 0 Å². The highest BCUT2D eigenvalue weighted by Crippen LogP contribution is 2.34. The largest absolute Gasteiger partial charge is 0.496 e. The minimum Gasteiger partial charge on any atom is -0.496 e. The van der Waals surface area contributed by atoms with Gasteiger partial charge < -0.3 is 4.74 Å². The first-order valence-electron chi connectivity index (χ1n) is 5.40. The average molecular weight is 266 g/mol. The van der Waals surface area contributed by atoms with Crippen molar-refractivity contribution in [1.82, 2.24) is 0 Å². The minimum absolute atomic E-state index is 0.113. The molecule has 2 rings (SSSR count). The van der Waals surface area contributed by atoms with Gasteiger partial charge in [-0.25, -0.2) is 0 Å². The number of rotatable bonds is 2. The van der Waals surface area contributed by atoms with Gasteiger partial charge in [-0.3, -0.25) is 4.55 Å². The third-order valence-electron chi connectivity index (χ3n) is 2.93. The van der Waals surface area contributed by atoms with Gasteiger partial charge in [0.25, 0.3) is 10.1 Å². The van der Waals surface area contributed by atoms with E-state index in [0.717, 1.165) is 16.3 Å². The molecule has 0 fully saturated rings. The van der Waals surface area contributed by atoms with Crippen LogP contribution in [-0.2, 0) is 10.1 Å². The smallest absolute Gasteiger partial charge is 0.294 e. The highest BCUT2D eigenvalue weighted by atomic mass is 32.2. The zero-order valence-corrected chi connectivity index (χ0v) is 11.2. The fourth-order valence-corrected chi connectivity index (χ4v) is 2.86. The Labute approximate surface area is 106 Å². The molecule has 0 unspecified atom stereocenters. The quantitative estimate of drug-likeness (QED) is 0.849. The minimum atomic E-state index is -4.25. The Hall–Kier alpha value is -1.59. The van der Waals surface area contributed by atoms with Crippen LogP contribution in [0.25, 0.3) is 10.8 Å². The Morgan fingerprint density at radius 3 is 2.39 bits per heavy atom. The summed E-state index contributed by atoms with van der Waals surface area (Å²) in [4.78, 5) is -0.113. The van der Waals surface area contributed by atoms with E-state index >= 15 is 0 Å². The molecule has 0 aliphatic carbocycles. The molecular weight excluding hydrogens is 252 g/mol. The lowest BCUT2D eigenvalue weighted by molar-refractivity contribution is 0.414. The van der Waals surface area contributed by atoms with Gasteiger partial charge in [0.05, 0.1) is 7.11 Å². The number of hydrogen-bond acceptors (Lipinski definition) is 3. The fourth-order valence-electron chi connectivity index (χ4n) is 2.10.